The lowest BCUT2D eigenvalue weighted by Gasteiger charge is -2.06. The van der Waals surface area contributed by atoms with Crippen LogP contribution in [0.25, 0.3) is 0 Å². The summed E-state index contributed by atoms with van der Waals surface area (Å²) in [6, 6.07) is 8.30. The number of benzene rings is 1. The summed E-state index contributed by atoms with van der Waals surface area (Å²) in [6.45, 7) is 1.67. The predicted octanol–water partition coefficient (Wildman–Crippen LogP) is 2.18. The Balaban J connectivity index is 2.22. The van der Waals surface area contributed by atoms with Gasteiger partial charge in [-0.25, -0.2) is 16.8 Å². The summed E-state index contributed by atoms with van der Waals surface area (Å²) >= 11 is 1.10. The normalized spacial score (nSPS) is 12.2. The van der Waals surface area contributed by atoms with Crippen LogP contribution in [-0.2, 0) is 31.0 Å². The minimum Gasteiger partial charge on any atom is -0.326 e. The van der Waals surface area contributed by atoms with E-state index in [0.717, 1.165) is 16.2 Å². The van der Waals surface area contributed by atoms with Gasteiger partial charge in [0.2, 0.25) is 9.84 Å². The standard InChI is InChI=1S/C16H19NO5S3/c1-12(18)3-2-10-24(19,20)14-5-7-15(8-6-14)25(21,22)16-9-4-13(11-17)23-16/h4-9H,2-3,10-11,17H2,1H3. The van der Waals surface area contributed by atoms with E-state index in [0.29, 0.717) is 0 Å². The maximum Gasteiger partial charge on any atom is 0.215 e. The lowest BCUT2D eigenvalue weighted by Crippen LogP contribution is -2.08. The fourth-order valence-corrected chi connectivity index (χ4v) is 6.13. The number of thiophene rings is 1. The van der Waals surface area contributed by atoms with Crippen LogP contribution >= 0.6 is 11.3 Å². The number of carbonyl (C=O) groups excluding carboxylic acids is 1. The van der Waals surface area contributed by atoms with Crippen LogP contribution in [0.5, 0.6) is 0 Å². The van der Waals surface area contributed by atoms with Crippen LogP contribution in [0.15, 0.2) is 50.4 Å². The molecule has 0 fully saturated rings. The molecule has 0 aliphatic heterocycles. The molecule has 136 valence electrons. The van der Waals surface area contributed by atoms with Crippen molar-refractivity contribution in [2.45, 2.75) is 40.3 Å². The van der Waals surface area contributed by atoms with Crippen molar-refractivity contribution in [3.8, 4) is 0 Å². The van der Waals surface area contributed by atoms with E-state index in [1.165, 1.54) is 37.3 Å². The second-order valence-electron chi connectivity index (χ2n) is 5.52. The van der Waals surface area contributed by atoms with Crippen molar-refractivity contribution in [2.24, 2.45) is 5.73 Å². The molecule has 2 N–H and O–H groups in total. The Kier molecular flexibility index (Phi) is 6.15. The Bertz CT molecular complexity index is 957. The molecule has 0 saturated heterocycles. The molecule has 9 heteroatoms. The molecule has 1 heterocycles. The van der Waals surface area contributed by atoms with Crippen molar-refractivity contribution in [3.05, 3.63) is 41.3 Å². The van der Waals surface area contributed by atoms with E-state index in [1.54, 1.807) is 6.07 Å². The van der Waals surface area contributed by atoms with Crippen LogP contribution < -0.4 is 5.73 Å². The van der Waals surface area contributed by atoms with E-state index in [9.17, 15) is 21.6 Å². The van der Waals surface area contributed by atoms with Gasteiger partial charge in [0, 0.05) is 17.8 Å². The molecular formula is C16H19NO5S3. The summed E-state index contributed by atoms with van der Waals surface area (Å²) in [7, 11) is -7.24. The first-order valence-corrected chi connectivity index (χ1v) is 11.5. The number of carbonyl (C=O) groups is 1. The van der Waals surface area contributed by atoms with Gasteiger partial charge in [0.25, 0.3) is 0 Å². The molecule has 0 bridgehead atoms. The summed E-state index contributed by atoms with van der Waals surface area (Å²) in [6.07, 6.45) is 0.447. The van der Waals surface area contributed by atoms with Gasteiger partial charge < -0.3 is 10.5 Å². The van der Waals surface area contributed by atoms with Gasteiger partial charge in [-0.05, 0) is 49.7 Å². The van der Waals surface area contributed by atoms with Gasteiger partial charge in [0.1, 0.15) is 9.99 Å². The van der Waals surface area contributed by atoms with Crippen LogP contribution in [0.2, 0.25) is 0 Å². The van der Waals surface area contributed by atoms with Crippen molar-refractivity contribution in [3.63, 3.8) is 0 Å². The van der Waals surface area contributed by atoms with Gasteiger partial charge in [0.05, 0.1) is 15.5 Å². The molecule has 0 amide bonds. The Labute approximate surface area is 151 Å². The third kappa shape index (κ3) is 4.75. The largest absolute Gasteiger partial charge is 0.326 e. The maximum atomic E-state index is 12.6. The van der Waals surface area contributed by atoms with E-state index in [1.807, 2.05) is 0 Å². The number of Topliss-reactive ketones (excluding diaryl/α,β-unsaturated/α-hetero) is 1. The monoisotopic (exact) mass is 401 g/mol. The van der Waals surface area contributed by atoms with Crippen LogP contribution in [0.3, 0.4) is 0 Å². The second kappa shape index (κ2) is 7.77. The fourth-order valence-electron chi connectivity index (χ4n) is 2.18. The summed E-state index contributed by atoms with van der Waals surface area (Å²) in [5.41, 5.74) is 5.50. The molecular weight excluding hydrogens is 382 g/mol. The molecule has 25 heavy (non-hydrogen) atoms. The number of rotatable bonds is 8. The zero-order valence-corrected chi connectivity index (χ0v) is 16.1. The molecule has 2 aromatic rings. The minimum absolute atomic E-state index is 0.0283. The van der Waals surface area contributed by atoms with Gasteiger partial charge >= 0.3 is 0 Å². The zero-order valence-electron chi connectivity index (χ0n) is 13.6. The number of hydrogen-bond donors (Lipinski definition) is 1. The van der Waals surface area contributed by atoms with Gasteiger partial charge in [-0.2, -0.15) is 0 Å². The number of sulfone groups is 2. The van der Waals surface area contributed by atoms with Crippen molar-refractivity contribution in [2.75, 3.05) is 5.75 Å². The Morgan fingerprint density at radius 2 is 1.60 bits per heavy atom. The highest BCUT2D eigenvalue weighted by Crippen LogP contribution is 2.28. The highest BCUT2D eigenvalue weighted by atomic mass is 32.2. The Morgan fingerprint density at radius 3 is 2.12 bits per heavy atom. The molecule has 0 aliphatic carbocycles. The fraction of sp³-hybridized carbons (Fsp3) is 0.312. The van der Waals surface area contributed by atoms with Gasteiger partial charge in [0.15, 0.2) is 9.84 Å². The van der Waals surface area contributed by atoms with Gasteiger partial charge in [-0.15, -0.1) is 11.3 Å². The van der Waals surface area contributed by atoms with Crippen molar-refractivity contribution >= 4 is 36.8 Å². The molecule has 6 nitrogen and oxygen atoms in total. The van der Waals surface area contributed by atoms with E-state index >= 15 is 0 Å². The average molecular weight is 402 g/mol. The van der Waals surface area contributed by atoms with Crippen molar-refractivity contribution in [1.29, 1.82) is 0 Å². The lowest BCUT2D eigenvalue weighted by atomic mass is 10.3. The quantitative estimate of drug-likeness (QED) is 0.726. The van der Waals surface area contributed by atoms with Crippen molar-refractivity contribution in [1.82, 2.24) is 0 Å². The lowest BCUT2D eigenvalue weighted by molar-refractivity contribution is -0.117. The maximum absolute atomic E-state index is 12.6. The van der Waals surface area contributed by atoms with Crippen LogP contribution in [0.4, 0.5) is 0 Å². The molecule has 0 spiro atoms. The Morgan fingerprint density at radius 1 is 1.00 bits per heavy atom. The smallest absolute Gasteiger partial charge is 0.215 e. The first kappa shape index (κ1) is 19.8. The van der Waals surface area contributed by atoms with E-state index in [4.69, 9.17) is 5.73 Å². The SMILES string of the molecule is CC(=O)CCCS(=O)(=O)c1ccc(S(=O)(=O)c2ccc(CN)s2)cc1. The number of ketones is 1. The number of hydrogen-bond acceptors (Lipinski definition) is 7. The highest BCUT2D eigenvalue weighted by Gasteiger charge is 2.21. The van der Waals surface area contributed by atoms with Gasteiger partial charge in [-0.3, -0.25) is 0 Å². The Hall–Kier alpha value is -1.55. The topological polar surface area (TPSA) is 111 Å². The molecule has 0 saturated carbocycles. The van der Waals surface area contributed by atoms with E-state index < -0.39 is 19.7 Å². The molecule has 1 aromatic heterocycles. The first-order chi connectivity index (χ1) is 11.7. The first-order valence-electron chi connectivity index (χ1n) is 7.53. The van der Waals surface area contributed by atoms with Crippen molar-refractivity contribution < 1.29 is 21.6 Å². The molecule has 0 radical (unpaired) electrons. The van der Waals surface area contributed by atoms with Crippen LogP contribution in [-0.4, -0.2) is 28.4 Å². The summed E-state index contributed by atoms with van der Waals surface area (Å²) in [4.78, 5) is 11.7. The molecule has 0 aliphatic rings. The highest BCUT2D eigenvalue weighted by molar-refractivity contribution is 7.93. The third-order valence-electron chi connectivity index (χ3n) is 3.54. The second-order valence-corrected chi connectivity index (χ2v) is 11.0. The van der Waals surface area contributed by atoms with E-state index in [-0.39, 0.29) is 44.9 Å². The predicted molar refractivity (Wildman–Crippen MR) is 96.1 cm³/mol. The molecule has 1 aromatic carbocycles. The summed E-state index contributed by atoms with van der Waals surface area (Å²) in [5.74, 6) is -0.215. The molecule has 0 atom stereocenters. The third-order valence-corrected chi connectivity index (χ3v) is 8.72. The minimum atomic E-state index is -3.70. The van der Waals surface area contributed by atoms with Gasteiger partial charge in [-0.1, -0.05) is 0 Å². The molecule has 2 rings (SSSR count). The zero-order chi connectivity index (χ0) is 18.7. The average Bonchev–Trinajstić information content (AvgIpc) is 3.04. The van der Waals surface area contributed by atoms with E-state index in [2.05, 4.69) is 0 Å². The summed E-state index contributed by atoms with van der Waals surface area (Å²) < 4.78 is 49.7. The van der Waals surface area contributed by atoms with Crippen LogP contribution in [0, 0.1) is 0 Å². The summed E-state index contributed by atoms with van der Waals surface area (Å²) in [5, 5.41) is 0. The molecule has 0 unspecified atom stereocenters. The van der Waals surface area contributed by atoms with Crippen LogP contribution in [0.1, 0.15) is 24.6 Å². The number of nitrogens with two attached hydrogens (primary N) is 1.